The Morgan fingerprint density at radius 1 is 1.44 bits per heavy atom. The third-order valence-corrected chi connectivity index (χ3v) is 3.42. The second-order valence-electron chi connectivity index (χ2n) is 4.74. The minimum atomic E-state index is 0.153. The second-order valence-corrected chi connectivity index (χ2v) is 4.74. The third kappa shape index (κ3) is 2.28. The molecule has 0 atom stereocenters. The SMILES string of the molecule is Cc1nn(CCO)c(C)c1CN(C)C1CC1. The quantitative estimate of drug-likeness (QED) is 0.812. The van der Waals surface area contributed by atoms with Gasteiger partial charge in [0, 0.05) is 23.8 Å². The summed E-state index contributed by atoms with van der Waals surface area (Å²) >= 11 is 0. The van der Waals surface area contributed by atoms with Gasteiger partial charge in [0.2, 0.25) is 0 Å². The summed E-state index contributed by atoms with van der Waals surface area (Å²) in [6, 6.07) is 0.778. The van der Waals surface area contributed by atoms with Crippen molar-refractivity contribution >= 4 is 0 Å². The van der Waals surface area contributed by atoms with Gasteiger partial charge in [-0.2, -0.15) is 5.10 Å². The van der Waals surface area contributed by atoms with Crippen molar-refractivity contribution in [2.24, 2.45) is 0 Å². The summed E-state index contributed by atoms with van der Waals surface area (Å²) in [5, 5.41) is 13.4. The largest absolute Gasteiger partial charge is 0.394 e. The number of aromatic nitrogens is 2. The molecule has 0 radical (unpaired) electrons. The Kier molecular flexibility index (Phi) is 3.30. The van der Waals surface area contributed by atoms with Crippen molar-refractivity contribution in [1.29, 1.82) is 0 Å². The summed E-state index contributed by atoms with van der Waals surface area (Å²) in [6.07, 6.45) is 2.67. The van der Waals surface area contributed by atoms with Crippen molar-refractivity contribution in [2.75, 3.05) is 13.7 Å². The van der Waals surface area contributed by atoms with Crippen molar-refractivity contribution in [1.82, 2.24) is 14.7 Å². The molecule has 1 aromatic rings. The van der Waals surface area contributed by atoms with Gasteiger partial charge in [-0.25, -0.2) is 0 Å². The van der Waals surface area contributed by atoms with Gasteiger partial charge in [0.15, 0.2) is 0 Å². The van der Waals surface area contributed by atoms with E-state index in [9.17, 15) is 0 Å². The van der Waals surface area contributed by atoms with E-state index in [1.807, 2.05) is 4.68 Å². The highest BCUT2D eigenvalue weighted by molar-refractivity contribution is 5.24. The highest BCUT2D eigenvalue weighted by Crippen LogP contribution is 2.27. The molecule has 1 N–H and O–H groups in total. The van der Waals surface area contributed by atoms with Gasteiger partial charge >= 0.3 is 0 Å². The zero-order valence-corrected chi connectivity index (χ0v) is 10.4. The van der Waals surface area contributed by atoms with Gasteiger partial charge in [-0.15, -0.1) is 0 Å². The van der Waals surface area contributed by atoms with Gasteiger partial charge in [0.05, 0.1) is 18.8 Å². The monoisotopic (exact) mass is 223 g/mol. The molecular formula is C12H21N3O. The molecule has 1 saturated carbocycles. The third-order valence-electron chi connectivity index (χ3n) is 3.42. The molecule has 4 nitrogen and oxygen atoms in total. The molecule has 1 heterocycles. The number of aliphatic hydroxyl groups is 1. The van der Waals surface area contributed by atoms with Crippen LogP contribution in [0.15, 0.2) is 0 Å². The molecule has 90 valence electrons. The molecule has 0 saturated heterocycles. The van der Waals surface area contributed by atoms with Crippen LogP contribution in [0.3, 0.4) is 0 Å². The first kappa shape index (κ1) is 11.6. The fourth-order valence-corrected chi connectivity index (χ4v) is 2.17. The zero-order valence-electron chi connectivity index (χ0n) is 10.4. The van der Waals surface area contributed by atoms with E-state index in [2.05, 4.69) is 30.9 Å². The van der Waals surface area contributed by atoms with E-state index in [1.165, 1.54) is 24.1 Å². The molecule has 0 bridgehead atoms. The minimum Gasteiger partial charge on any atom is -0.394 e. The van der Waals surface area contributed by atoms with E-state index >= 15 is 0 Å². The summed E-state index contributed by atoms with van der Waals surface area (Å²) in [5.74, 6) is 0. The Labute approximate surface area is 96.9 Å². The van der Waals surface area contributed by atoms with E-state index in [4.69, 9.17) is 5.11 Å². The number of hydrogen-bond acceptors (Lipinski definition) is 3. The van der Waals surface area contributed by atoms with E-state index in [1.54, 1.807) is 0 Å². The standard InChI is InChI=1S/C12H21N3O/c1-9-12(8-14(3)11-4-5-11)10(2)15(13-9)6-7-16/h11,16H,4-8H2,1-3H3. The lowest BCUT2D eigenvalue weighted by Crippen LogP contribution is -2.20. The van der Waals surface area contributed by atoms with Crippen molar-refractivity contribution < 1.29 is 5.11 Å². The molecule has 1 aliphatic carbocycles. The maximum Gasteiger partial charge on any atom is 0.0644 e. The molecule has 0 aliphatic heterocycles. The summed E-state index contributed by atoms with van der Waals surface area (Å²) in [6.45, 7) is 5.87. The van der Waals surface area contributed by atoms with E-state index < -0.39 is 0 Å². The van der Waals surface area contributed by atoms with Gasteiger partial charge in [-0.1, -0.05) is 0 Å². The van der Waals surface area contributed by atoms with Crippen LogP contribution in [0.2, 0.25) is 0 Å². The first-order valence-electron chi connectivity index (χ1n) is 5.97. The van der Waals surface area contributed by atoms with Crippen LogP contribution in [0, 0.1) is 13.8 Å². The van der Waals surface area contributed by atoms with Crippen LogP contribution in [0.5, 0.6) is 0 Å². The molecule has 16 heavy (non-hydrogen) atoms. The molecule has 2 rings (SSSR count). The Bertz CT molecular complexity index is 369. The summed E-state index contributed by atoms with van der Waals surface area (Å²) in [5.41, 5.74) is 3.61. The van der Waals surface area contributed by atoms with Gasteiger partial charge in [0.1, 0.15) is 0 Å². The topological polar surface area (TPSA) is 41.3 Å². The normalized spacial score (nSPS) is 16.1. The van der Waals surface area contributed by atoms with Crippen LogP contribution in [0.1, 0.15) is 29.8 Å². The molecule has 0 unspecified atom stereocenters. The van der Waals surface area contributed by atoms with Crippen molar-refractivity contribution in [3.8, 4) is 0 Å². The van der Waals surface area contributed by atoms with Crippen LogP contribution in [-0.2, 0) is 13.1 Å². The lowest BCUT2D eigenvalue weighted by molar-refractivity contribution is 0.267. The maximum absolute atomic E-state index is 8.95. The number of hydrogen-bond donors (Lipinski definition) is 1. The number of nitrogens with zero attached hydrogens (tertiary/aromatic N) is 3. The Balaban J connectivity index is 2.12. The Hall–Kier alpha value is -0.870. The fraction of sp³-hybridized carbons (Fsp3) is 0.750. The molecule has 0 spiro atoms. The molecule has 1 aliphatic rings. The Morgan fingerprint density at radius 2 is 2.12 bits per heavy atom. The molecule has 1 fully saturated rings. The summed E-state index contributed by atoms with van der Waals surface area (Å²) in [4.78, 5) is 2.40. The van der Waals surface area contributed by atoms with Crippen LogP contribution in [-0.4, -0.2) is 39.5 Å². The lowest BCUT2D eigenvalue weighted by Gasteiger charge is -2.15. The van der Waals surface area contributed by atoms with Gasteiger partial charge < -0.3 is 5.11 Å². The van der Waals surface area contributed by atoms with E-state index in [0.717, 1.165) is 18.3 Å². The minimum absolute atomic E-state index is 0.153. The second kappa shape index (κ2) is 4.55. The van der Waals surface area contributed by atoms with Crippen molar-refractivity contribution in [3.05, 3.63) is 17.0 Å². The summed E-state index contributed by atoms with van der Waals surface area (Å²) < 4.78 is 1.91. The fourth-order valence-electron chi connectivity index (χ4n) is 2.17. The maximum atomic E-state index is 8.95. The van der Waals surface area contributed by atoms with Crippen LogP contribution in [0.4, 0.5) is 0 Å². The number of rotatable bonds is 5. The van der Waals surface area contributed by atoms with Gasteiger partial charge in [-0.3, -0.25) is 9.58 Å². The first-order valence-corrected chi connectivity index (χ1v) is 5.97. The van der Waals surface area contributed by atoms with Gasteiger partial charge in [0.25, 0.3) is 0 Å². The molecular weight excluding hydrogens is 202 g/mol. The smallest absolute Gasteiger partial charge is 0.0644 e. The molecule has 0 amide bonds. The van der Waals surface area contributed by atoms with Crippen LogP contribution >= 0.6 is 0 Å². The average Bonchev–Trinajstić information content (AvgIpc) is 3.04. The molecule has 4 heteroatoms. The molecule has 1 aromatic heterocycles. The van der Waals surface area contributed by atoms with Gasteiger partial charge in [-0.05, 0) is 33.7 Å². The Morgan fingerprint density at radius 3 is 2.69 bits per heavy atom. The van der Waals surface area contributed by atoms with E-state index in [-0.39, 0.29) is 6.61 Å². The van der Waals surface area contributed by atoms with Crippen LogP contribution in [0.25, 0.3) is 0 Å². The van der Waals surface area contributed by atoms with Crippen LogP contribution < -0.4 is 0 Å². The first-order chi connectivity index (χ1) is 7.63. The van der Waals surface area contributed by atoms with Crippen molar-refractivity contribution in [2.45, 2.75) is 45.8 Å². The highest BCUT2D eigenvalue weighted by atomic mass is 16.3. The summed E-state index contributed by atoms with van der Waals surface area (Å²) in [7, 11) is 2.18. The average molecular weight is 223 g/mol. The molecule has 0 aromatic carbocycles. The van der Waals surface area contributed by atoms with Crippen molar-refractivity contribution in [3.63, 3.8) is 0 Å². The highest BCUT2D eigenvalue weighted by Gasteiger charge is 2.27. The number of aryl methyl sites for hydroxylation is 1. The number of aliphatic hydroxyl groups excluding tert-OH is 1. The van der Waals surface area contributed by atoms with E-state index in [0.29, 0.717) is 6.54 Å². The predicted molar refractivity (Wildman–Crippen MR) is 63.3 cm³/mol. The zero-order chi connectivity index (χ0) is 11.7. The predicted octanol–water partition coefficient (Wildman–Crippen LogP) is 1.09. The lowest BCUT2D eigenvalue weighted by atomic mass is 10.2.